The van der Waals surface area contributed by atoms with Crippen molar-refractivity contribution in [2.24, 2.45) is 5.92 Å². The predicted octanol–water partition coefficient (Wildman–Crippen LogP) is 2.95. The second-order valence-corrected chi connectivity index (χ2v) is 4.90. The van der Waals surface area contributed by atoms with Crippen molar-refractivity contribution in [3.8, 4) is 0 Å². The fraction of sp³-hybridized carbons (Fsp3) is 0.533. The first-order valence-corrected chi connectivity index (χ1v) is 6.42. The summed E-state index contributed by atoms with van der Waals surface area (Å²) < 4.78 is 4.68. The van der Waals surface area contributed by atoms with Gasteiger partial charge in [-0.1, -0.05) is 32.4 Å². The van der Waals surface area contributed by atoms with Gasteiger partial charge in [-0.15, -0.1) is 0 Å². The normalized spacial score (nSPS) is 12.5. The van der Waals surface area contributed by atoms with Crippen molar-refractivity contribution in [3.05, 3.63) is 35.4 Å². The van der Waals surface area contributed by atoms with E-state index in [1.807, 2.05) is 24.3 Å². The van der Waals surface area contributed by atoms with Crippen LogP contribution in [-0.2, 0) is 11.3 Å². The van der Waals surface area contributed by atoms with E-state index in [1.54, 1.807) is 0 Å². The van der Waals surface area contributed by atoms with Crippen molar-refractivity contribution < 1.29 is 9.53 Å². The molecule has 0 bridgehead atoms. The highest BCUT2D eigenvalue weighted by atomic mass is 16.5. The largest absolute Gasteiger partial charge is 0.465 e. The van der Waals surface area contributed by atoms with Crippen LogP contribution in [-0.4, -0.2) is 31.6 Å². The average molecular weight is 249 g/mol. The van der Waals surface area contributed by atoms with Gasteiger partial charge >= 0.3 is 5.97 Å². The summed E-state index contributed by atoms with van der Waals surface area (Å²) >= 11 is 0. The van der Waals surface area contributed by atoms with E-state index in [-0.39, 0.29) is 5.97 Å². The Morgan fingerprint density at radius 2 is 1.94 bits per heavy atom. The van der Waals surface area contributed by atoms with Gasteiger partial charge in [0.2, 0.25) is 0 Å². The van der Waals surface area contributed by atoms with Crippen molar-refractivity contribution in [2.75, 3.05) is 20.7 Å². The molecule has 18 heavy (non-hydrogen) atoms. The number of methoxy groups -OCH3 is 1. The molecule has 0 aromatic heterocycles. The lowest BCUT2D eigenvalue weighted by Crippen LogP contribution is -2.23. The van der Waals surface area contributed by atoms with Gasteiger partial charge in [0.05, 0.1) is 12.7 Å². The molecule has 0 N–H and O–H groups in total. The van der Waals surface area contributed by atoms with Gasteiger partial charge in [0, 0.05) is 13.1 Å². The molecule has 0 saturated carbocycles. The van der Waals surface area contributed by atoms with Gasteiger partial charge in [0.15, 0.2) is 0 Å². The predicted molar refractivity (Wildman–Crippen MR) is 73.6 cm³/mol. The summed E-state index contributed by atoms with van der Waals surface area (Å²) in [5.41, 5.74) is 1.82. The van der Waals surface area contributed by atoms with E-state index < -0.39 is 0 Å². The first-order valence-electron chi connectivity index (χ1n) is 6.42. The van der Waals surface area contributed by atoms with Crippen molar-refractivity contribution in [1.82, 2.24) is 4.90 Å². The van der Waals surface area contributed by atoms with Crippen molar-refractivity contribution >= 4 is 5.97 Å². The second kappa shape index (κ2) is 7.17. The van der Waals surface area contributed by atoms with Crippen LogP contribution in [0.3, 0.4) is 0 Å². The lowest BCUT2D eigenvalue weighted by molar-refractivity contribution is 0.0600. The molecule has 0 fully saturated rings. The Morgan fingerprint density at radius 1 is 1.33 bits per heavy atom. The lowest BCUT2D eigenvalue weighted by atomic mass is 10.1. The maximum atomic E-state index is 11.3. The molecule has 3 heteroatoms. The molecular weight excluding hydrogens is 226 g/mol. The highest BCUT2D eigenvalue weighted by Gasteiger charge is 2.07. The molecule has 0 aliphatic heterocycles. The molecule has 0 spiro atoms. The fourth-order valence-corrected chi connectivity index (χ4v) is 1.90. The summed E-state index contributed by atoms with van der Waals surface area (Å²) in [7, 11) is 3.52. The summed E-state index contributed by atoms with van der Waals surface area (Å²) in [6.45, 7) is 6.47. The number of ether oxygens (including phenoxy) is 1. The number of hydrogen-bond acceptors (Lipinski definition) is 3. The Kier molecular flexibility index (Phi) is 5.86. The van der Waals surface area contributed by atoms with Crippen LogP contribution in [0.15, 0.2) is 24.3 Å². The highest BCUT2D eigenvalue weighted by molar-refractivity contribution is 5.89. The molecule has 1 rings (SSSR count). The molecule has 1 atom stereocenters. The van der Waals surface area contributed by atoms with Crippen LogP contribution in [0.5, 0.6) is 0 Å². The average Bonchev–Trinajstić information content (AvgIpc) is 2.38. The third-order valence-corrected chi connectivity index (χ3v) is 3.15. The van der Waals surface area contributed by atoms with Crippen LogP contribution in [0.4, 0.5) is 0 Å². The van der Waals surface area contributed by atoms with E-state index in [9.17, 15) is 4.79 Å². The number of nitrogens with zero attached hydrogens (tertiary/aromatic N) is 1. The first-order chi connectivity index (χ1) is 8.56. The minimum atomic E-state index is -0.283. The molecule has 3 nitrogen and oxygen atoms in total. The van der Waals surface area contributed by atoms with Crippen molar-refractivity contribution in [3.63, 3.8) is 0 Å². The molecule has 0 unspecified atom stereocenters. The van der Waals surface area contributed by atoms with Gasteiger partial charge in [0.1, 0.15) is 0 Å². The Bertz CT molecular complexity index is 373. The number of carbonyl (C=O) groups excluding carboxylic acids is 1. The minimum Gasteiger partial charge on any atom is -0.465 e. The van der Waals surface area contributed by atoms with Crippen LogP contribution >= 0.6 is 0 Å². The summed E-state index contributed by atoms with van der Waals surface area (Å²) in [5, 5.41) is 0. The van der Waals surface area contributed by atoms with Crippen LogP contribution in [0.2, 0.25) is 0 Å². The molecule has 1 aromatic carbocycles. The Hall–Kier alpha value is -1.35. The van der Waals surface area contributed by atoms with E-state index in [0.29, 0.717) is 11.5 Å². The smallest absolute Gasteiger partial charge is 0.337 e. The minimum absolute atomic E-state index is 0.283. The Balaban J connectivity index is 2.55. The molecule has 1 aromatic rings. The van der Waals surface area contributed by atoms with Gasteiger partial charge in [-0.05, 0) is 30.7 Å². The van der Waals surface area contributed by atoms with Crippen LogP contribution in [0.1, 0.15) is 36.2 Å². The first kappa shape index (κ1) is 14.7. The highest BCUT2D eigenvalue weighted by Crippen LogP contribution is 2.10. The molecule has 100 valence electrons. The molecule has 0 radical (unpaired) electrons. The van der Waals surface area contributed by atoms with E-state index in [4.69, 9.17) is 0 Å². The topological polar surface area (TPSA) is 29.5 Å². The monoisotopic (exact) mass is 249 g/mol. The number of carbonyl (C=O) groups is 1. The SMILES string of the molecule is CC[C@H](C)CN(C)Cc1ccc(C(=O)OC)cc1. The molecule has 0 saturated heterocycles. The zero-order valence-electron chi connectivity index (χ0n) is 11.8. The van der Waals surface area contributed by atoms with Crippen LogP contribution < -0.4 is 0 Å². The third kappa shape index (κ3) is 4.49. The number of hydrogen-bond donors (Lipinski definition) is 0. The maximum absolute atomic E-state index is 11.3. The van der Waals surface area contributed by atoms with Gasteiger partial charge in [-0.3, -0.25) is 0 Å². The maximum Gasteiger partial charge on any atom is 0.337 e. The number of benzene rings is 1. The van der Waals surface area contributed by atoms with Crippen molar-refractivity contribution in [1.29, 1.82) is 0 Å². The van der Waals surface area contributed by atoms with Crippen molar-refractivity contribution in [2.45, 2.75) is 26.8 Å². The number of esters is 1. The van der Waals surface area contributed by atoms with Gasteiger partial charge < -0.3 is 9.64 Å². The molecule has 0 heterocycles. The zero-order chi connectivity index (χ0) is 13.5. The second-order valence-electron chi connectivity index (χ2n) is 4.90. The Labute approximate surface area is 110 Å². The number of rotatable bonds is 6. The summed E-state index contributed by atoms with van der Waals surface area (Å²) in [5.74, 6) is 0.429. The van der Waals surface area contributed by atoms with E-state index in [2.05, 4.69) is 30.5 Å². The lowest BCUT2D eigenvalue weighted by Gasteiger charge is -2.20. The summed E-state index contributed by atoms with van der Waals surface area (Å²) in [4.78, 5) is 13.6. The fourth-order valence-electron chi connectivity index (χ4n) is 1.90. The standard InChI is InChI=1S/C15H23NO2/c1-5-12(2)10-16(3)11-13-6-8-14(9-7-13)15(17)18-4/h6-9,12H,5,10-11H2,1-4H3/t12-/m0/s1. The van der Waals surface area contributed by atoms with Gasteiger partial charge in [-0.2, -0.15) is 0 Å². The van der Waals surface area contributed by atoms with Crippen LogP contribution in [0.25, 0.3) is 0 Å². The third-order valence-electron chi connectivity index (χ3n) is 3.15. The molecular formula is C15H23NO2. The summed E-state index contributed by atoms with van der Waals surface area (Å²) in [6, 6.07) is 7.61. The molecule has 0 aliphatic rings. The molecule has 0 aliphatic carbocycles. The van der Waals surface area contributed by atoms with E-state index in [0.717, 1.165) is 13.1 Å². The summed E-state index contributed by atoms with van der Waals surface area (Å²) in [6.07, 6.45) is 1.20. The quantitative estimate of drug-likeness (QED) is 0.726. The van der Waals surface area contributed by atoms with Gasteiger partial charge in [0.25, 0.3) is 0 Å². The zero-order valence-corrected chi connectivity index (χ0v) is 11.8. The molecule has 0 amide bonds. The Morgan fingerprint density at radius 3 is 2.44 bits per heavy atom. The van der Waals surface area contributed by atoms with Crippen LogP contribution in [0, 0.1) is 5.92 Å². The van der Waals surface area contributed by atoms with E-state index in [1.165, 1.54) is 19.1 Å². The van der Waals surface area contributed by atoms with E-state index >= 15 is 0 Å². The van der Waals surface area contributed by atoms with Gasteiger partial charge in [-0.25, -0.2) is 4.79 Å².